The number of nitrogens with one attached hydrogen (secondary N) is 1. The molecule has 0 heterocycles. The zero-order valence-corrected chi connectivity index (χ0v) is 13.1. The van der Waals surface area contributed by atoms with E-state index in [1.165, 1.54) is 6.92 Å². The molecule has 0 saturated carbocycles. The van der Waals surface area contributed by atoms with E-state index in [2.05, 4.69) is 5.32 Å². The molecule has 24 heavy (non-hydrogen) atoms. The summed E-state index contributed by atoms with van der Waals surface area (Å²) in [4.78, 5) is 23.7. The highest BCUT2D eigenvalue weighted by Gasteiger charge is 2.25. The summed E-state index contributed by atoms with van der Waals surface area (Å²) in [6.07, 6.45) is -1.11. The number of phenols is 1. The fraction of sp³-hybridized carbons (Fsp3) is 0.222. The van der Waals surface area contributed by atoms with Crippen LogP contribution in [0.5, 0.6) is 5.75 Å². The highest BCUT2D eigenvalue weighted by molar-refractivity contribution is 5.98. The molecule has 0 bridgehead atoms. The molecule has 0 aliphatic carbocycles. The van der Waals surface area contributed by atoms with Crippen molar-refractivity contribution in [2.75, 3.05) is 6.61 Å². The Morgan fingerprint density at radius 3 is 1.96 bits per heavy atom. The third-order valence-electron chi connectivity index (χ3n) is 3.62. The van der Waals surface area contributed by atoms with Crippen LogP contribution < -0.4 is 5.32 Å². The van der Waals surface area contributed by atoms with Crippen molar-refractivity contribution in [3.05, 3.63) is 54.1 Å². The van der Waals surface area contributed by atoms with Crippen molar-refractivity contribution in [1.29, 1.82) is 0 Å². The van der Waals surface area contributed by atoms with Gasteiger partial charge >= 0.3 is 0 Å². The van der Waals surface area contributed by atoms with Gasteiger partial charge in [0.25, 0.3) is 5.91 Å². The van der Waals surface area contributed by atoms with Gasteiger partial charge in [-0.1, -0.05) is 24.3 Å². The van der Waals surface area contributed by atoms with Gasteiger partial charge in [0.15, 0.2) is 5.78 Å². The Hall–Kier alpha value is -2.70. The topological polar surface area (TPSA) is 107 Å². The third kappa shape index (κ3) is 4.18. The maximum absolute atomic E-state index is 12.2. The Labute approximate surface area is 139 Å². The average Bonchev–Trinajstić information content (AvgIpc) is 2.59. The lowest BCUT2D eigenvalue weighted by molar-refractivity contribution is -0.125. The van der Waals surface area contributed by atoms with Crippen molar-refractivity contribution in [2.45, 2.75) is 19.1 Å². The lowest BCUT2D eigenvalue weighted by Gasteiger charge is -2.19. The molecule has 126 valence electrons. The number of amides is 1. The number of hydrogen-bond donors (Lipinski definition) is 4. The van der Waals surface area contributed by atoms with Gasteiger partial charge in [0.05, 0.1) is 6.10 Å². The van der Waals surface area contributed by atoms with Gasteiger partial charge in [0.2, 0.25) is 0 Å². The van der Waals surface area contributed by atoms with Crippen LogP contribution in [0.3, 0.4) is 0 Å². The van der Waals surface area contributed by atoms with Crippen LogP contribution >= 0.6 is 0 Å². The summed E-state index contributed by atoms with van der Waals surface area (Å²) in [5.41, 5.74) is 2.08. The Morgan fingerprint density at radius 1 is 1.00 bits per heavy atom. The molecule has 2 rings (SSSR count). The van der Waals surface area contributed by atoms with Crippen molar-refractivity contribution < 1.29 is 24.9 Å². The zero-order chi connectivity index (χ0) is 17.7. The number of phenolic OH excluding ortho intramolecular Hbond substituents is 1. The lowest BCUT2D eigenvalue weighted by Crippen LogP contribution is -2.48. The van der Waals surface area contributed by atoms with E-state index in [4.69, 9.17) is 5.11 Å². The summed E-state index contributed by atoms with van der Waals surface area (Å²) < 4.78 is 0. The Balaban J connectivity index is 2.13. The number of aliphatic hydroxyl groups is 2. The quantitative estimate of drug-likeness (QED) is 0.635. The number of ketones is 1. The first-order valence-electron chi connectivity index (χ1n) is 7.44. The largest absolute Gasteiger partial charge is 0.508 e. The van der Waals surface area contributed by atoms with Crippen LogP contribution in [0.15, 0.2) is 48.5 Å². The van der Waals surface area contributed by atoms with Gasteiger partial charge in [-0.3, -0.25) is 9.59 Å². The molecular weight excluding hydrogens is 310 g/mol. The monoisotopic (exact) mass is 329 g/mol. The van der Waals surface area contributed by atoms with E-state index in [0.717, 1.165) is 11.1 Å². The molecule has 0 aliphatic rings. The van der Waals surface area contributed by atoms with Gasteiger partial charge in [-0.15, -0.1) is 0 Å². The number of aliphatic hydroxyl groups excluding tert-OH is 2. The summed E-state index contributed by atoms with van der Waals surface area (Å²) in [5, 5.41) is 30.2. The minimum Gasteiger partial charge on any atom is -0.508 e. The van der Waals surface area contributed by atoms with E-state index in [0.29, 0.717) is 5.56 Å². The summed E-state index contributed by atoms with van der Waals surface area (Å²) >= 11 is 0. The van der Waals surface area contributed by atoms with Gasteiger partial charge in [-0.2, -0.15) is 0 Å². The first-order chi connectivity index (χ1) is 11.4. The molecule has 4 N–H and O–H groups in total. The van der Waals surface area contributed by atoms with Gasteiger partial charge in [0, 0.05) is 5.56 Å². The molecule has 2 atom stereocenters. The molecule has 0 saturated heterocycles. The van der Waals surface area contributed by atoms with E-state index >= 15 is 0 Å². The van der Waals surface area contributed by atoms with Crippen molar-refractivity contribution >= 4 is 11.7 Å². The Kier molecular flexibility index (Phi) is 5.68. The second-order valence-corrected chi connectivity index (χ2v) is 5.44. The highest BCUT2D eigenvalue weighted by Crippen LogP contribution is 2.22. The molecule has 0 radical (unpaired) electrons. The number of carbonyl (C=O) groups is 2. The maximum atomic E-state index is 12.2. The van der Waals surface area contributed by atoms with Gasteiger partial charge in [-0.25, -0.2) is 0 Å². The van der Waals surface area contributed by atoms with Gasteiger partial charge in [0.1, 0.15) is 18.4 Å². The fourth-order valence-corrected chi connectivity index (χ4v) is 2.26. The molecule has 0 aliphatic heterocycles. The van der Waals surface area contributed by atoms with E-state index in [-0.39, 0.29) is 5.75 Å². The van der Waals surface area contributed by atoms with Crippen LogP contribution in [0, 0.1) is 0 Å². The molecule has 0 fully saturated rings. The van der Waals surface area contributed by atoms with Crippen LogP contribution in [-0.2, 0) is 4.79 Å². The summed E-state index contributed by atoms with van der Waals surface area (Å²) in [5.74, 6) is -0.994. The van der Waals surface area contributed by atoms with Crippen LogP contribution in [0.4, 0.5) is 0 Å². The predicted molar refractivity (Wildman–Crippen MR) is 88.6 cm³/mol. The number of Topliss-reactive ketones (excluding diaryl/α,β-unsaturated/α-hetero) is 1. The molecule has 0 aromatic heterocycles. The van der Waals surface area contributed by atoms with Gasteiger partial charge < -0.3 is 20.6 Å². The van der Waals surface area contributed by atoms with E-state index in [1.54, 1.807) is 48.5 Å². The molecule has 0 unspecified atom stereocenters. The van der Waals surface area contributed by atoms with E-state index in [9.17, 15) is 19.8 Å². The van der Waals surface area contributed by atoms with Crippen LogP contribution in [0.1, 0.15) is 17.3 Å². The number of rotatable bonds is 6. The van der Waals surface area contributed by atoms with Gasteiger partial charge in [-0.05, 0) is 42.3 Å². The predicted octanol–water partition coefficient (Wildman–Crippen LogP) is 1.10. The smallest absolute Gasteiger partial charge is 0.251 e. The fourth-order valence-electron chi connectivity index (χ4n) is 2.26. The standard InChI is InChI=1S/C18H19NO5/c1-11(21)17(16(23)10-20)19-18(24)14-4-2-12(3-5-14)13-6-8-15(22)9-7-13/h2-9,11,17,20-22H,10H2,1H3,(H,19,24)/t11-,17+/m1/s1. The average molecular weight is 329 g/mol. The van der Waals surface area contributed by atoms with Crippen LogP contribution in [0.2, 0.25) is 0 Å². The van der Waals surface area contributed by atoms with Crippen LogP contribution in [0.25, 0.3) is 11.1 Å². The summed E-state index contributed by atoms with van der Waals surface area (Å²) in [6.45, 7) is 0.613. The summed E-state index contributed by atoms with van der Waals surface area (Å²) in [6, 6.07) is 12.2. The lowest BCUT2D eigenvalue weighted by atomic mass is 10.0. The molecule has 2 aromatic rings. The van der Waals surface area contributed by atoms with Crippen molar-refractivity contribution in [1.82, 2.24) is 5.32 Å². The van der Waals surface area contributed by atoms with E-state index < -0.39 is 30.4 Å². The number of aromatic hydroxyl groups is 1. The second-order valence-electron chi connectivity index (χ2n) is 5.44. The highest BCUT2D eigenvalue weighted by atomic mass is 16.3. The molecule has 0 spiro atoms. The molecule has 1 amide bonds. The number of hydrogen-bond acceptors (Lipinski definition) is 5. The Bertz CT molecular complexity index is 707. The Morgan fingerprint density at radius 2 is 1.50 bits per heavy atom. The summed E-state index contributed by atoms with van der Waals surface area (Å²) in [7, 11) is 0. The van der Waals surface area contributed by atoms with Crippen LogP contribution in [-0.4, -0.2) is 45.8 Å². The first-order valence-corrected chi connectivity index (χ1v) is 7.44. The number of benzene rings is 2. The second kappa shape index (κ2) is 7.72. The van der Waals surface area contributed by atoms with Crippen molar-refractivity contribution in [2.24, 2.45) is 0 Å². The molecule has 6 heteroatoms. The van der Waals surface area contributed by atoms with Crippen molar-refractivity contribution in [3.8, 4) is 16.9 Å². The van der Waals surface area contributed by atoms with Crippen molar-refractivity contribution in [3.63, 3.8) is 0 Å². The minimum absolute atomic E-state index is 0.174. The normalized spacial score (nSPS) is 13.1. The van der Waals surface area contributed by atoms with E-state index in [1.807, 2.05) is 0 Å². The first kappa shape index (κ1) is 17.7. The third-order valence-corrected chi connectivity index (χ3v) is 3.62. The number of carbonyl (C=O) groups excluding carboxylic acids is 2. The minimum atomic E-state index is -1.15. The molecular formula is C18H19NO5. The molecule has 2 aromatic carbocycles. The zero-order valence-electron chi connectivity index (χ0n) is 13.1. The maximum Gasteiger partial charge on any atom is 0.251 e. The SMILES string of the molecule is C[C@@H](O)[C@H](NC(=O)c1ccc(-c2ccc(O)cc2)cc1)C(=O)CO. The molecule has 6 nitrogen and oxygen atoms in total.